The van der Waals surface area contributed by atoms with E-state index in [0.717, 1.165) is 44.6 Å². The third kappa shape index (κ3) is 4.81. The van der Waals surface area contributed by atoms with Crippen molar-refractivity contribution in [3.63, 3.8) is 0 Å². The molecule has 1 saturated carbocycles. The van der Waals surface area contributed by atoms with Crippen LogP contribution in [0.2, 0.25) is 0 Å². The molecule has 5 heteroatoms. The van der Waals surface area contributed by atoms with E-state index >= 15 is 0 Å². The molecule has 5 nitrogen and oxygen atoms in total. The maximum Gasteiger partial charge on any atom is 0.203 e. The van der Waals surface area contributed by atoms with Crippen molar-refractivity contribution in [2.75, 3.05) is 12.4 Å². The summed E-state index contributed by atoms with van der Waals surface area (Å²) < 4.78 is 8.92. The number of anilines is 2. The van der Waals surface area contributed by atoms with Gasteiger partial charge in [0.1, 0.15) is 18.4 Å². The minimum Gasteiger partial charge on any atom is -0.545 e. The van der Waals surface area contributed by atoms with Gasteiger partial charge in [0, 0.05) is 52.4 Å². The number of carboxylic acid groups (broad SMARTS) is 1. The highest BCUT2D eigenvalue weighted by Gasteiger charge is 2.24. The maximum absolute atomic E-state index is 12.2. The van der Waals surface area contributed by atoms with Crippen LogP contribution in [0.15, 0.2) is 89.3 Å². The number of fused-ring (bicyclic) bond motifs is 2. The van der Waals surface area contributed by atoms with Crippen LogP contribution in [-0.2, 0) is 0 Å². The number of carbonyl (C=O) groups excluding carboxylic acids is 1. The lowest BCUT2D eigenvalue weighted by atomic mass is 9.90. The van der Waals surface area contributed by atoms with Crippen LogP contribution in [0.1, 0.15) is 48.0 Å². The number of rotatable bonds is 5. The van der Waals surface area contributed by atoms with Crippen molar-refractivity contribution in [1.82, 2.24) is 4.58 Å². The number of aromatic carboxylic acids is 1. The lowest BCUT2D eigenvalue weighted by Crippen LogP contribution is -2.37. The molecule has 2 aliphatic carbocycles. The van der Waals surface area contributed by atoms with E-state index in [1.54, 1.807) is 12.1 Å². The van der Waals surface area contributed by atoms with Gasteiger partial charge in [-0.25, -0.2) is 4.58 Å². The summed E-state index contributed by atoms with van der Waals surface area (Å²) in [6, 6.07) is 28.0. The summed E-state index contributed by atoms with van der Waals surface area (Å²) >= 11 is 0. The molecule has 1 N–H and O–H groups in total. The predicted molar refractivity (Wildman–Crippen MR) is 155 cm³/mol. The molecule has 1 heterocycles. The van der Waals surface area contributed by atoms with Crippen LogP contribution in [-0.4, -0.2) is 19.1 Å². The third-order valence-electron chi connectivity index (χ3n) is 8.05. The molecule has 196 valence electrons. The van der Waals surface area contributed by atoms with Crippen LogP contribution in [0.5, 0.6) is 0 Å². The van der Waals surface area contributed by atoms with Crippen LogP contribution in [0, 0.1) is 6.92 Å². The Hall–Kier alpha value is -4.38. The number of para-hydroxylation sites is 1. The number of nitrogens with one attached hydrogen (secondary N) is 1. The topological polar surface area (TPSA) is 68.3 Å². The summed E-state index contributed by atoms with van der Waals surface area (Å²) in [5.41, 5.74) is 6.12. The van der Waals surface area contributed by atoms with E-state index in [2.05, 4.69) is 41.2 Å². The molecule has 6 rings (SSSR count). The maximum atomic E-state index is 12.2. The smallest absolute Gasteiger partial charge is 0.203 e. The van der Waals surface area contributed by atoms with Gasteiger partial charge in [0.25, 0.3) is 0 Å². The largest absolute Gasteiger partial charge is 0.545 e. The Bertz CT molecular complexity index is 1710. The summed E-state index contributed by atoms with van der Waals surface area (Å²) in [6.07, 6.45) is 6.24. The summed E-state index contributed by atoms with van der Waals surface area (Å²) in [5.74, 6) is -0.468. The summed E-state index contributed by atoms with van der Waals surface area (Å²) in [4.78, 5) is 12.2. The predicted octanol–water partition coefficient (Wildman–Crippen LogP) is 6.35. The second-order valence-corrected chi connectivity index (χ2v) is 10.5. The molecule has 0 bridgehead atoms. The average Bonchev–Trinajstić information content (AvgIpc) is 2.97. The molecule has 1 aliphatic heterocycles. The zero-order chi connectivity index (χ0) is 26.9. The molecule has 39 heavy (non-hydrogen) atoms. The van der Waals surface area contributed by atoms with Crippen LogP contribution in [0.4, 0.5) is 11.4 Å². The van der Waals surface area contributed by atoms with E-state index in [1.807, 2.05) is 55.5 Å². The van der Waals surface area contributed by atoms with Crippen molar-refractivity contribution < 1.29 is 14.3 Å². The highest BCUT2D eigenvalue weighted by atomic mass is 16.4. The van der Waals surface area contributed by atoms with Crippen LogP contribution >= 0.6 is 0 Å². The van der Waals surface area contributed by atoms with Crippen molar-refractivity contribution >= 4 is 28.3 Å². The molecule has 0 aromatic heterocycles. The highest BCUT2D eigenvalue weighted by molar-refractivity contribution is 6.08. The van der Waals surface area contributed by atoms with Gasteiger partial charge in [0.05, 0.1) is 12.0 Å². The standard InChI is InChI=1S/C34H32N2O3/c1-22-19-31-29(21-30(22)35-23-11-5-3-6-12-23)33(26-15-9-10-16-27(26)34(37)38)28-18-17-25(20-32(28)39-31)36(2)24-13-7-4-8-14-24/h3,5-6,9-12,15-21,24,35H,4,7-8,13-14H2,1-2H3. The van der Waals surface area contributed by atoms with Gasteiger partial charge in [-0.2, -0.15) is 0 Å². The highest BCUT2D eigenvalue weighted by Crippen LogP contribution is 2.42. The number of hydrogen-bond acceptors (Lipinski definition) is 4. The Kier molecular flexibility index (Phi) is 6.65. The molecular weight excluding hydrogens is 484 g/mol. The van der Waals surface area contributed by atoms with Gasteiger partial charge in [-0.05, 0) is 61.2 Å². The van der Waals surface area contributed by atoms with Gasteiger partial charge in [0.2, 0.25) is 5.36 Å². The molecule has 0 spiro atoms. The van der Waals surface area contributed by atoms with Crippen LogP contribution in [0.3, 0.4) is 0 Å². The van der Waals surface area contributed by atoms with E-state index in [9.17, 15) is 9.90 Å². The normalized spacial score (nSPS) is 14.9. The van der Waals surface area contributed by atoms with E-state index in [-0.39, 0.29) is 5.56 Å². The van der Waals surface area contributed by atoms with Crippen LogP contribution in [0.25, 0.3) is 33.4 Å². The van der Waals surface area contributed by atoms with Gasteiger partial charge in [-0.3, -0.25) is 0 Å². The number of aryl methyl sites for hydroxylation is 1. The fourth-order valence-corrected chi connectivity index (χ4v) is 5.91. The van der Waals surface area contributed by atoms with E-state index in [0.29, 0.717) is 17.2 Å². The van der Waals surface area contributed by atoms with Crippen molar-refractivity contribution in [3.8, 4) is 22.5 Å². The van der Waals surface area contributed by atoms with Gasteiger partial charge >= 0.3 is 0 Å². The Morgan fingerprint density at radius 3 is 2.41 bits per heavy atom. The number of hydrogen-bond donors (Lipinski definition) is 1. The number of carboxylic acids is 1. The zero-order valence-corrected chi connectivity index (χ0v) is 22.4. The summed E-state index contributed by atoms with van der Waals surface area (Å²) in [6.45, 7) is 2.05. The fraction of sp³-hybridized carbons (Fsp3) is 0.235. The zero-order valence-electron chi connectivity index (χ0n) is 22.4. The Balaban J connectivity index is 1.62. The van der Waals surface area contributed by atoms with E-state index in [4.69, 9.17) is 4.42 Å². The molecule has 3 aliphatic rings. The fourth-order valence-electron chi connectivity index (χ4n) is 5.91. The summed E-state index contributed by atoms with van der Waals surface area (Å²) in [7, 11) is 2.16. The van der Waals surface area contributed by atoms with Crippen molar-refractivity contribution in [3.05, 3.63) is 101 Å². The Labute approximate surface area is 228 Å². The molecule has 0 unspecified atom stereocenters. The summed E-state index contributed by atoms with van der Waals surface area (Å²) in [5, 5.41) is 17.7. The van der Waals surface area contributed by atoms with Crippen molar-refractivity contribution in [1.29, 1.82) is 0 Å². The van der Waals surface area contributed by atoms with E-state index < -0.39 is 5.97 Å². The second kappa shape index (κ2) is 10.4. The SMILES string of the molecule is Cc1cc2oc3cc(=[N+](C)C4CCCCC4)ccc-3c(-c3ccccc3C(=O)[O-])c2cc1Nc1ccccc1. The van der Waals surface area contributed by atoms with Gasteiger partial charge in [0.15, 0.2) is 6.04 Å². The molecule has 0 amide bonds. The van der Waals surface area contributed by atoms with Gasteiger partial charge in [-0.1, -0.05) is 48.9 Å². The third-order valence-corrected chi connectivity index (χ3v) is 8.05. The number of carbonyl (C=O) groups is 1. The molecule has 3 aromatic rings. The molecule has 0 atom stereocenters. The van der Waals surface area contributed by atoms with Gasteiger partial charge < -0.3 is 19.6 Å². The lowest BCUT2D eigenvalue weighted by molar-refractivity contribution is -0.254. The molecule has 3 aromatic carbocycles. The van der Waals surface area contributed by atoms with Crippen molar-refractivity contribution in [2.45, 2.75) is 45.1 Å². The molecule has 1 fully saturated rings. The lowest BCUT2D eigenvalue weighted by Gasteiger charge is -2.20. The average molecular weight is 517 g/mol. The molecule has 0 radical (unpaired) electrons. The first-order chi connectivity index (χ1) is 19.0. The monoisotopic (exact) mass is 516 g/mol. The Morgan fingerprint density at radius 1 is 0.897 bits per heavy atom. The first-order valence-electron chi connectivity index (χ1n) is 13.7. The molecule has 0 saturated heterocycles. The van der Waals surface area contributed by atoms with E-state index in [1.165, 1.54) is 32.1 Å². The quantitative estimate of drug-likeness (QED) is 0.218. The first kappa shape index (κ1) is 24.9. The van der Waals surface area contributed by atoms with Gasteiger partial charge in [-0.15, -0.1) is 0 Å². The van der Waals surface area contributed by atoms with Crippen LogP contribution < -0.4 is 20.4 Å². The first-order valence-corrected chi connectivity index (χ1v) is 13.7. The Morgan fingerprint density at radius 2 is 1.64 bits per heavy atom. The minimum atomic E-state index is -1.20. The number of benzene rings is 4. The molecular formula is C34H32N2O3. The van der Waals surface area contributed by atoms with Crippen molar-refractivity contribution in [2.24, 2.45) is 0 Å². The minimum absolute atomic E-state index is 0.160. The second-order valence-electron chi connectivity index (χ2n) is 10.5. The number of nitrogens with zero attached hydrogens (tertiary/aromatic N) is 1.